The van der Waals surface area contributed by atoms with Gasteiger partial charge in [-0.2, -0.15) is 0 Å². The molecule has 3 heterocycles. The van der Waals surface area contributed by atoms with Gasteiger partial charge in [0.05, 0.1) is 22.3 Å². The number of carbonyl (C=O) groups excluding carboxylic acids is 1. The average molecular weight is 463 g/mol. The number of thioether (sulfide) groups is 1. The van der Waals surface area contributed by atoms with Crippen LogP contribution in [0.1, 0.15) is 11.1 Å². The number of rotatable bonds is 5. The van der Waals surface area contributed by atoms with Crippen molar-refractivity contribution in [2.45, 2.75) is 19.0 Å². The molecule has 0 aliphatic heterocycles. The highest BCUT2D eigenvalue weighted by Crippen LogP contribution is 2.25. The van der Waals surface area contributed by atoms with Gasteiger partial charge in [0, 0.05) is 11.6 Å². The van der Waals surface area contributed by atoms with Gasteiger partial charge in [-0.25, -0.2) is 9.55 Å². The first-order valence-electron chi connectivity index (χ1n) is 9.81. The van der Waals surface area contributed by atoms with Crippen molar-refractivity contribution in [3.63, 3.8) is 0 Å². The van der Waals surface area contributed by atoms with Crippen molar-refractivity contribution in [1.82, 2.24) is 24.1 Å². The maximum Gasteiger partial charge on any atom is 0.267 e. The molecule has 0 spiro atoms. The second kappa shape index (κ2) is 8.21. The van der Waals surface area contributed by atoms with Gasteiger partial charge in [0.1, 0.15) is 0 Å². The first kappa shape index (κ1) is 20.4. The quantitative estimate of drug-likeness (QED) is 0.399. The van der Waals surface area contributed by atoms with E-state index in [2.05, 4.69) is 20.5 Å². The Labute approximate surface area is 190 Å². The molecule has 0 radical (unpaired) electrons. The Hall–Kier alpha value is -3.50. The zero-order chi connectivity index (χ0) is 22.2. The highest BCUT2D eigenvalue weighted by atomic mass is 32.2. The molecule has 5 aromatic rings. The van der Waals surface area contributed by atoms with Gasteiger partial charge in [0.2, 0.25) is 11.7 Å². The van der Waals surface area contributed by atoms with Crippen molar-refractivity contribution in [3.8, 4) is 5.69 Å². The number of hydrogen-bond acceptors (Lipinski definition) is 7. The molecule has 0 aliphatic rings. The summed E-state index contributed by atoms with van der Waals surface area (Å²) in [6, 6.07) is 13.3. The van der Waals surface area contributed by atoms with Gasteiger partial charge in [0.25, 0.3) is 5.56 Å². The minimum absolute atomic E-state index is 0.136. The minimum Gasteiger partial charge on any atom is -0.301 e. The van der Waals surface area contributed by atoms with Crippen molar-refractivity contribution < 1.29 is 4.79 Å². The van der Waals surface area contributed by atoms with Crippen LogP contribution in [-0.2, 0) is 4.79 Å². The van der Waals surface area contributed by atoms with E-state index < -0.39 is 0 Å². The second-order valence-corrected chi connectivity index (χ2v) is 9.08. The van der Waals surface area contributed by atoms with E-state index in [1.165, 1.54) is 23.1 Å². The molecule has 1 N–H and O–H groups in total. The van der Waals surface area contributed by atoms with Crippen molar-refractivity contribution in [2.75, 3.05) is 11.1 Å². The Morgan fingerprint density at radius 1 is 1.16 bits per heavy atom. The van der Waals surface area contributed by atoms with Gasteiger partial charge >= 0.3 is 0 Å². The third-order valence-electron chi connectivity index (χ3n) is 5.00. The van der Waals surface area contributed by atoms with E-state index in [0.29, 0.717) is 27.0 Å². The molecule has 0 saturated heterocycles. The van der Waals surface area contributed by atoms with Crippen LogP contribution in [0.15, 0.2) is 64.0 Å². The third kappa shape index (κ3) is 3.57. The van der Waals surface area contributed by atoms with Crippen molar-refractivity contribution in [1.29, 1.82) is 0 Å². The number of hydrogen-bond donors (Lipinski definition) is 1. The number of para-hydroxylation sites is 1. The van der Waals surface area contributed by atoms with Gasteiger partial charge in [-0.15, -0.1) is 21.5 Å². The predicted octanol–water partition coefficient (Wildman–Crippen LogP) is 3.84. The fourth-order valence-corrected chi connectivity index (χ4v) is 4.90. The normalized spacial score (nSPS) is 11.3. The standard InChI is InChI=1S/C22H18N6O2S2/c1-13-7-8-16(14(2)11-13)27-19(30)15-5-3-4-6-17(15)28-21(27)25-26-22(28)32-12-18(29)24-20-23-9-10-31-20/h3-11H,12H2,1-2H3,(H,23,24,29). The summed E-state index contributed by atoms with van der Waals surface area (Å²) in [4.78, 5) is 29.9. The van der Waals surface area contributed by atoms with Crippen LogP contribution in [0, 0.1) is 13.8 Å². The zero-order valence-corrected chi connectivity index (χ0v) is 18.9. The summed E-state index contributed by atoms with van der Waals surface area (Å²) >= 11 is 2.62. The van der Waals surface area contributed by atoms with Crippen LogP contribution in [0.3, 0.4) is 0 Å². The van der Waals surface area contributed by atoms with Gasteiger partial charge in [0.15, 0.2) is 10.3 Å². The monoisotopic (exact) mass is 462 g/mol. The number of amides is 1. The second-order valence-electron chi connectivity index (χ2n) is 7.24. The summed E-state index contributed by atoms with van der Waals surface area (Å²) < 4.78 is 3.42. The largest absolute Gasteiger partial charge is 0.301 e. The van der Waals surface area contributed by atoms with E-state index in [9.17, 15) is 9.59 Å². The maximum atomic E-state index is 13.4. The molecular weight excluding hydrogens is 444 g/mol. The fraction of sp³-hybridized carbons (Fsp3) is 0.136. The van der Waals surface area contributed by atoms with Crippen molar-refractivity contribution >= 4 is 50.8 Å². The summed E-state index contributed by atoms with van der Waals surface area (Å²) in [6.07, 6.45) is 1.64. The molecule has 0 atom stereocenters. The van der Waals surface area contributed by atoms with Gasteiger partial charge in [-0.3, -0.25) is 14.0 Å². The van der Waals surface area contributed by atoms with Gasteiger partial charge in [-0.1, -0.05) is 41.6 Å². The Morgan fingerprint density at radius 2 is 2.00 bits per heavy atom. The molecular formula is C22H18N6O2S2. The molecule has 32 heavy (non-hydrogen) atoms. The zero-order valence-electron chi connectivity index (χ0n) is 17.3. The summed E-state index contributed by atoms with van der Waals surface area (Å²) in [5.41, 5.74) is 3.36. The lowest BCUT2D eigenvalue weighted by molar-refractivity contribution is -0.113. The molecule has 10 heteroatoms. The lowest BCUT2D eigenvalue weighted by Gasteiger charge is -2.13. The molecule has 8 nitrogen and oxygen atoms in total. The van der Waals surface area contributed by atoms with Crippen LogP contribution < -0.4 is 10.9 Å². The molecule has 0 bridgehead atoms. The number of aromatic nitrogens is 5. The highest BCUT2D eigenvalue weighted by molar-refractivity contribution is 7.99. The molecule has 1 amide bonds. The van der Waals surface area contributed by atoms with E-state index in [-0.39, 0.29) is 17.2 Å². The number of anilines is 1. The smallest absolute Gasteiger partial charge is 0.267 e. The lowest BCUT2D eigenvalue weighted by Crippen LogP contribution is -2.22. The number of carbonyl (C=O) groups is 1. The van der Waals surface area contributed by atoms with Crippen LogP contribution in [0.5, 0.6) is 0 Å². The first-order chi connectivity index (χ1) is 15.5. The third-order valence-corrected chi connectivity index (χ3v) is 6.62. The molecule has 5 rings (SSSR count). The number of aryl methyl sites for hydroxylation is 2. The number of thiazole rings is 1. The molecule has 0 fully saturated rings. The molecule has 0 aliphatic carbocycles. The highest BCUT2D eigenvalue weighted by Gasteiger charge is 2.19. The summed E-state index contributed by atoms with van der Waals surface area (Å²) in [5, 5.41) is 14.8. The molecule has 0 unspecified atom stereocenters. The molecule has 0 saturated carbocycles. The van der Waals surface area contributed by atoms with Gasteiger partial charge in [-0.05, 0) is 37.6 Å². The topological polar surface area (TPSA) is 94.2 Å². The van der Waals surface area contributed by atoms with Crippen LogP contribution >= 0.6 is 23.1 Å². The Balaban J connectivity index is 1.63. The van der Waals surface area contributed by atoms with Gasteiger partial charge < -0.3 is 5.32 Å². The Bertz CT molecular complexity index is 1520. The van der Waals surface area contributed by atoms with E-state index in [1.54, 1.807) is 22.2 Å². The predicted molar refractivity (Wildman–Crippen MR) is 127 cm³/mol. The Morgan fingerprint density at radius 3 is 2.78 bits per heavy atom. The summed E-state index contributed by atoms with van der Waals surface area (Å²) in [5.74, 6) is 0.356. The fourth-order valence-electron chi connectivity index (χ4n) is 3.62. The summed E-state index contributed by atoms with van der Waals surface area (Å²) in [7, 11) is 0. The van der Waals surface area contributed by atoms with Crippen LogP contribution in [-0.4, -0.2) is 35.8 Å². The van der Waals surface area contributed by atoms with Crippen LogP contribution in [0.25, 0.3) is 22.4 Å². The number of nitrogens with zero attached hydrogens (tertiary/aromatic N) is 5. The van der Waals surface area contributed by atoms with E-state index in [4.69, 9.17) is 0 Å². The van der Waals surface area contributed by atoms with Crippen molar-refractivity contribution in [3.05, 3.63) is 75.5 Å². The van der Waals surface area contributed by atoms with Crippen LogP contribution in [0.2, 0.25) is 0 Å². The number of nitrogens with one attached hydrogen (secondary N) is 1. The average Bonchev–Trinajstić information content (AvgIpc) is 3.44. The van der Waals surface area contributed by atoms with Crippen molar-refractivity contribution in [2.24, 2.45) is 0 Å². The maximum absolute atomic E-state index is 13.4. The van der Waals surface area contributed by atoms with E-state index in [0.717, 1.165) is 16.8 Å². The van der Waals surface area contributed by atoms with E-state index >= 15 is 0 Å². The molecule has 2 aromatic carbocycles. The number of benzene rings is 2. The Kier molecular flexibility index (Phi) is 5.24. The van der Waals surface area contributed by atoms with Crippen LogP contribution in [0.4, 0.5) is 5.13 Å². The first-order valence-corrected chi connectivity index (χ1v) is 11.7. The van der Waals surface area contributed by atoms with E-state index in [1.807, 2.05) is 54.6 Å². The summed E-state index contributed by atoms with van der Waals surface area (Å²) in [6.45, 7) is 3.98. The lowest BCUT2D eigenvalue weighted by atomic mass is 10.1. The molecule has 3 aromatic heterocycles. The minimum atomic E-state index is -0.186. The number of fused-ring (bicyclic) bond motifs is 3. The SMILES string of the molecule is Cc1ccc(-n2c(=O)c3ccccc3n3c(SCC(=O)Nc4nccs4)nnc23)c(C)c1. The molecule has 160 valence electrons.